The van der Waals surface area contributed by atoms with Gasteiger partial charge in [-0.15, -0.1) is 11.3 Å². The minimum atomic E-state index is 0.452. The molecule has 2 N–H and O–H groups in total. The van der Waals surface area contributed by atoms with Crippen LogP contribution in [0.25, 0.3) is 11.5 Å². The zero-order valence-corrected chi connectivity index (χ0v) is 12.5. The lowest BCUT2D eigenvalue weighted by Gasteiger charge is -1.99. The number of nitrogen functional groups attached to an aromatic ring is 1. The van der Waals surface area contributed by atoms with Crippen molar-refractivity contribution < 1.29 is 9.26 Å². The van der Waals surface area contributed by atoms with Gasteiger partial charge >= 0.3 is 0 Å². The highest BCUT2D eigenvalue weighted by molar-refractivity contribution is 7.16. The van der Waals surface area contributed by atoms with Gasteiger partial charge in [0.15, 0.2) is 5.82 Å². The first kappa shape index (κ1) is 13.6. The Bertz CT molecular complexity index is 749. The van der Waals surface area contributed by atoms with Crippen molar-refractivity contribution in [1.82, 2.24) is 15.1 Å². The number of aryl methyl sites for hydroxylation is 1. The molecule has 0 aromatic carbocycles. The van der Waals surface area contributed by atoms with Crippen LogP contribution < -0.4 is 10.5 Å². The van der Waals surface area contributed by atoms with E-state index < -0.39 is 0 Å². The van der Waals surface area contributed by atoms with Crippen molar-refractivity contribution in [2.24, 2.45) is 0 Å². The lowest BCUT2D eigenvalue weighted by molar-refractivity contribution is 0.397. The van der Waals surface area contributed by atoms with Crippen LogP contribution in [0.1, 0.15) is 16.3 Å². The summed E-state index contributed by atoms with van der Waals surface area (Å²) in [7, 11) is 1.58. The molecule has 0 atom stereocenters. The molecule has 0 fully saturated rings. The van der Waals surface area contributed by atoms with Crippen LogP contribution in [0.2, 0.25) is 0 Å². The number of anilines is 1. The molecular formula is C14H14N4O2S. The summed E-state index contributed by atoms with van der Waals surface area (Å²) in [6, 6.07) is 5.67. The van der Waals surface area contributed by atoms with Gasteiger partial charge in [0.25, 0.3) is 5.89 Å². The van der Waals surface area contributed by atoms with Crippen LogP contribution in [-0.4, -0.2) is 22.2 Å². The molecule has 3 aromatic rings. The number of pyridine rings is 1. The number of aromatic nitrogens is 3. The quantitative estimate of drug-likeness (QED) is 0.797. The van der Waals surface area contributed by atoms with Gasteiger partial charge in [0.2, 0.25) is 5.88 Å². The molecule has 0 aliphatic rings. The molecular weight excluding hydrogens is 288 g/mol. The standard InChI is InChI=1S/C14H14N4O2S/c1-8-5-10(13(15)21-8)14-17-11(18-20-14)6-9-3-4-12(19-2)16-7-9/h3-5,7H,6,15H2,1-2H3. The fourth-order valence-electron chi connectivity index (χ4n) is 1.95. The monoisotopic (exact) mass is 302 g/mol. The predicted molar refractivity (Wildman–Crippen MR) is 80.4 cm³/mol. The molecule has 0 unspecified atom stereocenters. The molecule has 0 amide bonds. The second-order valence-corrected chi connectivity index (χ2v) is 5.82. The average Bonchev–Trinajstić information content (AvgIpc) is 3.06. The Morgan fingerprint density at radius 1 is 1.38 bits per heavy atom. The molecule has 0 spiro atoms. The zero-order valence-electron chi connectivity index (χ0n) is 11.7. The second-order valence-electron chi connectivity index (χ2n) is 4.54. The Kier molecular flexibility index (Phi) is 3.57. The normalized spacial score (nSPS) is 10.8. The number of nitrogens with zero attached hydrogens (tertiary/aromatic N) is 3. The topological polar surface area (TPSA) is 87.1 Å². The molecule has 0 aliphatic heterocycles. The minimum Gasteiger partial charge on any atom is -0.481 e. The van der Waals surface area contributed by atoms with Crippen molar-refractivity contribution in [2.75, 3.05) is 12.8 Å². The van der Waals surface area contributed by atoms with Crippen molar-refractivity contribution in [3.63, 3.8) is 0 Å². The zero-order chi connectivity index (χ0) is 14.8. The predicted octanol–water partition coefficient (Wildman–Crippen LogP) is 2.68. The third-order valence-corrected chi connectivity index (χ3v) is 3.83. The maximum Gasteiger partial charge on any atom is 0.260 e. The van der Waals surface area contributed by atoms with Crippen molar-refractivity contribution in [3.8, 4) is 17.3 Å². The summed E-state index contributed by atoms with van der Waals surface area (Å²) in [4.78, 5) is 9.64. The Morgan fingerprint density at radius 3 is 2.86 bits per heavy atom. The van der Waals surface area contributed by atoms with Gasteiger partial charge in [-0.05, 0) is 18.6 Å². The van der Waals surface area contributed by atoms with E-state index >= 15 is 0 Å². The highest BCUT2D eigenvalue weighted by atomic mass is 32.1. The van der Waals surface area contributed by atoms with E-state index in [0.717, 1.165) is 16.0 Å². The molecule has 7 heteroatoms. The maximum atomic E-state index is 5.93. The molecule has 6 nitrogen and oxygen atoms in total. The second kappa shape index (κ2) is 5.53. The van der Waals surface area contributed by atoms with Crippen LogP contribution in [0.5, 0.6) is 5.88 Å². The number of rotatable bonds is 4. The summed E-state index contributed by atoms with van der Waals surface area (Å²) in [6.07, 6.45) is 2.28. The van der Waals surface area contributed by atoms with E-state index in [1.807, 2.05) is 19.1 Å². The minimum absolute atomic E-state index is 0.452. The molecule has 3 heterocycles. The van der Waals surface area contributed by atoms with Gasteiger partial charge in [-0.1, -0.05) is 11.2 Å². The molecule has 21 heavy (non-hydrogen) atoms. The van der Waals surface area contributed by atoms with Crippen molar-refractivity contribution >= 4 is 16.3 Å². The number of methoxy groups -OCH3 is 1. The molecule has 0 radical (unpaired) electrons. The van der Waals surface area contributed by atoms with Crippen LogP contribution in [-0.2, 0) is 6.42 Å². The largest absolute Gasteiger partial charge is 0.481 e. The molecule has 0 bridgehead atoms. The summed E-state index contributed by atoms with van der Waals surface area (Å²) in [5.41, 5.74) is 7.71. The lowest BCUT2D eigenvalue weighted by atomic mass is 10.2. The fraction of sp³-hybridized carbons (Fsp3) is 0.214. The molecule has 108 valence electrons. The van der Waals surface area contributed by atoms with Gasteiger partial charge in [-0.25, -0.2) is 4.98 Å². The first-order chi connectivity index (χ1) is 10.2. The summed E-state index contributed by atoms with van der Waals surface area (Å²) in [5.74, 6) is 1.63. The maximum absolute atomic E-state index is 5.93. The third kappa shape index (κ3) is 2.87. The molecule has 3 rings (SSSR count). The highest BCUT2D eigenvalue weighted by Gasteiger charge is 2.14. The Labute approximate surface area is 125 Å². The molecule has 0 saturated heterocycles. The lowest BCUT2D eigenvalue weighted by Crippen LogP contribution is -1.93. The van der Waals surface area contributed by atoms with E-state index in [0.29, 0.717) is 29.0 Å². The van der Waals surface area contributed by atoms with Crippen molar-refractivity contribution in [3.05, 3.63) is 40.7 Å². The fourth-order valence-corrected chi connectivity index (χ4v) is 2.73. The number of hydrogen-bond donors (Lipinski definition) is 1. The van der Waals surface area contributed by atoms with Gasteiger partial charge in [0, 0.05) is 23.6 Å². The van der Waals surface area contributed by atoms with E-state index in [1.165, 1.54) is 11.3 Å². The van der Waals surface area contributed by atoms with Gasteiger partial charge in [-0.3, -0.25) is 0 Å². The van der Waals surface area contributed by atoms with E-state index in [-0.39, 0.29) is 0 Å². The number of ether oxygens (including phenoxy) is 1. The average molecular weight is 302 g/mol. The Morgan fingerprint density at radius 2 is 2.24 bits per heavy atom. The van der Waals surface area contributed by atoms with Crippen LogP contribution in [0.4, 0.5) is 5.00 Å². The highest BCUT2D eigenvalue weighted by Crippen LogP contribution is 2.32. The van der Waals surface area contributed by atoms with Gasteiger partial charge in [0.1, 0.15) is 0 Å². The summed E-state index contributed by atoms with van der Waals surface area (Å²) in [6.45, 7) is 1.99. The van der Waals surface area contributed by atoms with Gasteiger partial charge < -0.3 is 15.0 Å². The van der Waals surface area contributed by atoms with Crippen molar-refractivity contribution in [1.29, 1.82) is 0 Å². The Hall–Kier alpha value is -2.41. The van der Waals surface area contributed by atoms with Gasteiger partial charge in [0.05, 0.1) is 17.7 Å². The van der Waals surface area contributed by atoms with E-state index in [2.05, 4.69) is 15.1 Å². The van der Waals surface area contributed by atoms with Crippen molar-refractivity contribution in [2.45, 2.75) is 13.3 Å². The first-order valence-corrected chi connectivity index (χ1v) is 7.15. The first-order valence-electron chi connectivity index (χ1n) is 6.33. The smallest absolute Gasteiger partial charge is 0.260 e. The molecule has 0 aliphatic carbocycles. The number of thiophene rings is 1. The summed E-state index contributed by atoms with van der Waals surface area (Å²) in [5, 5.41) is 4.67. The van der Waals surface area contributed by atoms with E-state index in [9.17, 15) is 0 Å². The van der Waals surface area contributed by atoms with Crippen LogP contribution >= 0.6 is 11.3 Å². The molecule has 3 aromatic heterocycles. The molecule has 0 saturated carbocycles. The number of nitrogens with two attached hydrogens (primary N) is 1. The Balaban J connectivity index is 1.80. The summed E-state index contributed by atoms with van der Waals surface area (Å²) >= 11 is 1.51. The third-order valence-electron chi connectivity index (χ3n) is 2.95. The van der Waals surface area contributed by atoms with Crippen LogP contribution in [0.15, 0.2) is 28.9 Å². The van der Waals surface area contributed by atoms with E-state index in [1.54, 1.807) is 19.4 Å². The summed E-state index contributed by atoms with van der Waals surface area (Å²) < 4.78 is 10.3. The van der Waals surface area contributed by atoms with Crippen LogP contribution in [0, 0.1) is 6.92 Å². The van der Waals surface area contributed by atoms with Gasteiger partial charge in [-0.2, -0.15) is 4.98 Å². The SMILES string of the molecule is COc1ccc(Cc2noc(-c3cc(C)sc3N)n2)cn1. The number of hydrogen-bond acceptors (Lipinski definition) is 7. The van der Waals surface area contributed by atoms with E-state index in [4.69, 9.17) is 15.0 Å². The van der Waals surface area contributed by atoms with Crippen LogP contribution in [0.3, 0.4) is 0 Å².